The van der Waals surface area contributed by atoms with E-state index in [4.69, 9.17) is 4.74 Å². The molecule has 0 heterocycles. The number of halogens is 2. The first kappa shape index (κ1) is 16.1. The van der Waals surface area contributed by atoms with Crippen molar-refractivity contribution in [3.63, 3.8) is 0 Å². The van der Waals surface area contributed by atoms with E-state index in [0.29, 0.717) is 17.5 Å². The summed E-state index contributed by atoms with van der Waals surface area (Å²) in [5.41, 5.74) is 0. The molecule has 0 saturated carbocycles. The van der Waals surface area contributed by atoms with Gasteiger partial charge in [0.1, 0.15) is 0 Å². The van der Waals surface area contributed by atoms with E-state index in [2.05, 4.69) is 36.6 Å². The lowest BCUT2D eigenvalue weighted by atomic mass is 10.3. The Balaban J connectivity index is 2.89. The Morgan fingerprint density at radius 3 is 2.67 bits per heavy atom. The molecule has 0 fully saturated rings. The lowest BCUT2D eigenvalue weighted by Gasteiger charge is -2.14. The molecule has 0 saturated heterocycles. The van der Waals surface area contributed by atoms with Gasteiger partial charge in [0.05, 0.1) is 4.90 Å². The van der Waals surface area contributed by atoms with Crippen LogP contribution in [0.15, 0.2) is 32.0 Å². The molecule has 1 aromatic carbocycles. The molecule has 18 heavy (non-hydrogen) atoms. The van der Waals surface area contributed by atoms with Crippen LogP contribution >= 0.6 is 31.9 Å². The highest BCUT2D eigenvalue weighted by Crippen LogP contribution is 2.25. The van der Waals surface area contributed by atoms with Crippen LogP contribution in [0.1, 0.15) is 13.3 Å². The van der Waals surface area contributed by atoms with Gasteiger partial charge in [-0.15, -0.1) is 0 Å². The van der Waals surface area contributed by atoms with Gasteiger partial charge < -0.3 is 4.74 Å². The second-order valence-electron chi connectivity index (χ2n) is 3.88. The molecule has 1 atom stereocenters. The van der Waals surface area contributed by atoms with Crippen LogP contribution in [-0.4, -0.2) is 28.2 Å². The lowest BCUT2D eigenvalue weighted by molar-refractivity contribution is 0.188. The van der Waals surface area contributed by atoms with Crippen LogP contribution in [0, 0.1) is 0 Å². The third-order valence-electron chi connectivity index (χ3n) is 2.29. The Hall–Kier alpha value is 0.0500. The van der Waals surface area contributed by atoms with Crippen molar-refractivity contribution in [3.05, 3.63) is 27.1 Å². The zero-order valence-corrected chi connectivity index (χ0v) is 14.1. The van der Waals surface area contributed by atoms with Crippen molar-refractivity contribution < 1.29 is 13.2 Å². The summed E-state index contributed by atoms with van der Waals surface area (Å²) < 4.78 is 33.1. The van der Waals surface area contributed by atoms with Crippen molar-refractivity contribution in [1.29, 1.82) is 0 Å². The van der Waals surface area contributed by atoms with E-state index in [0.717, 1.165) is 4.47 Å². The third-order valence-corrected chi connectivity index (χ3v) is 5.37. The molecule has 0 aliphatic rings. The van der Waals surface area contributed by atoms with Crippen LogP contribution in [0.25, 0.3) is 0 Å². The molecule has 4 nitrogen and oxygen atoms in total. The zero-order chi connectivity index (χ0) is 13.8. The highest BCUT2D eigenvalue weighted by molar-refractivity contribution is 9.11. The first-order chi connectivity index (χ1) is 8.36. The SMILES string of the molecule is COCCC(C)NS(=O)(=O)c1cc(Br)ccc1Br. The molecular formula is C11H15Br2NO3S. The Morgan fingerprint density at radius 1 is 1.39 bits per heavy atom. The van der Waals surface area contributed by atoms with Gasteiger partial charge in [-0.1, -0.05) is 15.9 Å². The van der Waals surface area contributed by atoms with Crippen molar-refractivity contribution in [1.82, 2.24) is 4.72 Å². The summed E-state index contributed by atoms with van der Waals surface area (Å²) in [6.07, 6.45) is 0.626. The van der Waals surface area contributed by atoms with Crippen molar-refractivity contribution in [3.8, 4) is 0 Å². The van der Waals surface area contributed by atoms with Crippen LogP contribution in [-0.2, 0) is 14.8 Å². The van der Waals surface area contributed by atoms with Gasteiger partial charge in [0, 0.05) is 28.7 Å². The maximum absolute atomic E-state index is 12.2. The van der Waals surface area contributed by atoms with Gasteiger partial charge in [-0.05, 0) is 47.5 Å². The molecule has 1 aromatic rings. The number of benzene rings is 1. The minimum atomic E-state index is -3.53. The molecule has 0 bridgehead atoms. The Labute approximate surface area is 124 Å². The zero-order valence-electron chi connectivity index (χ0n) is 10.1. The smallest absolute Gasteiger partial charge is 0.241 e. The minimum Gasteiger partial charge on any atom is -0.385 e. The maximum atomic E-state index is 12.2. The summed E-state index contributed by atoms with van der Waals surface area (Å²) in [6, 6.07) is 4.85. The summed E-state index contributed by atoms with van der Waals surface area (Å²) in [6.45, 7) is 2.33. The molecule has 0 spiro atoms. The number of hydrogen-bond acceptors (Lipinski definition) is 3. The van der Waals surface area contributed by atoms with E-state index in [1.165, 1.54) is 0 Å². The van der Waals surface area contributed by atoms with Crippen molar-refractivity contribution in [2.45, 2.75) is 24.3 Å². The molecule has 0 amide bonds. The van der Waals surface area contributed by atoms with Crippen molar-refractivity contribution >= 4 is 41.9 Å². The van der Waals surface area contributed by atoms with Gasteiger partial charge in [-0.3, -0.25) is 0 Å². The highest BCUT2D eigenvalue weighted by Gasteiger charge is 2.20. The second kappa shape index (κ2) is 7.00. The monoisotopic (exact) mass is 399 g/mol. The van der Waals surface area contributed by atoms with Gasteiger partial charge in [-0.25, -0.2) is 13.1 Å². The summed E-state index contributed by atoms with van der Waals surface area (Å²) >= 11 is 6.51. The fourth-order valence-electron chi connectivity index (χ4n) is 1.37. The van der Waals surface area contributed by atoms with E-state index < -0.39 is 10.0 Å². The normalized spacial score (nSPS) is 13.6. The topological polar surface area (TPSA) is 55.4 Å². The molecule has 0 radical (unpaired) electrons. The maximum Gasteiger partial charge on any atom is 0.241 e. The van der Waals surface area contributed by atoms with E-state index >= 15 is 0 Å². The molecule has 0 aromatic heterocycles. The Kier molecular flexibility index (Phi) is 6.26. The van der Waals surface area contributed by atoms with Gasteiger partial charge in [-0.2, -0.15) is 0 Å². The molecule has 102 valence electrons. The van der Waals surface area contributed by atoms with Crippen LogP contribution in [0.2, 0.25) is 0 Å². The van der Waals surface area contributed by atoms with Crippen molar-refractivity contribution in [2.75, 3.05) is 13.7 Å². The van der Waals surface area contributed by atoms with Gasteiger partial charge in [0.25, 0.3) is 0 Å². The molecule has 1 N–H and O–H groups in total. The standard InChI is InChI=1S/C11H15Br2NO3S/c1-8(5-6-17-2)14-18(15,16)11-7-9(12)3-4-10(11)13/h3-4,7-8,14H,5-6H2,1-2H3. The lowest BCUT2D eigenvalue weighted by Crippen LogP contribution is -2.33. The van der Waals surface area contributed by atoms with Gasteiger partial charge in [0.15, 0.2) is 0 Å². The minimum absolute atomic E-state index is 0.180. The van der Waals surface area contributed by atoms with Crippen LogP contribution < -0.4 is 4.72 Å². The predicted molar refractivity (Wildman–Crippen MR) is 78.1 cm³/mol. The average Bonchev–Trinajstić information content (AvgIpc) is 2.29. The fourth-order valence-corrected chi connectivity index (χ4v) is 4.14. The molecule has 0 aliphatic heterocycles. The van der Waals surface area contributed by atoms with E-state index in [1.807, 2.05) is 6.92 Å². The number of rotatable bonds is 6. The Morgan fingerprint density at radius 2 is 2.06 bits per heavy atom. The predicted octanol–water partition coefficient (Wildman–Crippen LogP) is 2.91. The summed E-state index contributed by atoms with van der Waals surface area (Å²) in [5.74, 6) is 0. The second-order valence-corrected chi connectivity index (χ2v) is 7.33. The van der Waals surface area contributed by atoms with E-state index in [-0.39, 0.29) is 10.9 Å². The quantitative estimate of drug-likeness (QED) is 0.798. The molecule has 1 rings (SSSR count). The number of hydrogen-bond donors (Lipinski definition) is 1. The molecular weight excluding hydrogens is 386 g/mol. The molecule has 0 aliphatic carbocycles. The highest BCUT2D eigenvalue weighted by atomic mass is 79.9. The Bertz CT molecular complexity index is 505. The van der Waals surface area contributed by atoms with Gasteiger partial charge in [0.2, 0.25) is 10.0 Å². The fraction of sp³-hybridized carbons (Fsp3) is 0.455. The molecule has 1 unspecified atom stereocenters. The summed E-state index contributed by atoms with van der Waals surface area (Å²) in [5, 5.41) is 0. The van der Waals surface area contributed by atoms with Crippen LogP contribution in [0.5, 0.6) is 0 Å². The first-order valence-corrected chi connectivity index (χ1v) is 8.40. The summed E-state index contributed by atoms with van der Waals surface area (Å²) in [7, 11) is -1.94. The largest absolute Gasteiger partial charge is 0.385 e. The van der Waals surface area contributed by atoms with E-state index in [9.17, 15) is 8.42 Å². The number of ether oxygens (including phenoxy) is 1. The van der Waals surface area contributed by atoms with Crippen molar-refractivity contribution in [2.24, 2.45) is 0 Å². The first-order valence-electron chi connectivity index (χ1n) is 5.33. The van der Waals surface area contributed by atoms with Crippen LogP contribution in [0.3, 0.4) is 0 Å². The number of nitrogens with one attached hydrogen (secondary N) is 1. The number of methoxy groups -OCH3 is 1. The van der Waals surface area contributed by atoms with Gasteiger partial charge >= 0.3 is 0 Å². The third kappa shape index (κ3) is 4.62. The average molecular weight is 401 g/mol. The van der Waals surface area contributed by atoms with E-state index in [1.54, 1.807) is 25.3 Å². The molecule has 7 heteroatoms. The number of sulfonamides is 1. The summed E-state index contributed by atoms with van der Waals surface area (Å²) in [4.78, 5) is 0.223. The van der Waals surface area contributed by atoms with Crippen LogP contribution in [0.4, 0.5) is 0 Å².